The fraction of sp³-hybridized carbons (Fsp3) is 0.125. The van der Waals surface area contributed by atoms with E-state index in [4.69, 9.17) is 0 Å². The average molecular weight is 326 g/mol. The van der Waals surface area contributed by atoms with Crippen LogP contribution in [0.25, 0.3) is 5.69 Å². The molecule has 6 nitrogen and oxygen atoms in total. The molecule has 0 unspecified atom stereocenters. The molecule has 2 aromatic carbocycles. The van der Waals surface area contributed by atoms with Gasteiger partial charge in [-0.2, -0.15) is 0 Å². The molecule has 0 fully saturated rings. The second-order valence-corrected chi connectivity index (χ2v) is 5.89. The molecular weight excluding hydrogens is 312 g/mol. The highest BCUT2D eigenvalue weighted by molar-refractivity contribution is 7.98. The maximum absolute atomic E-state index is 11.1. The highest BCUT2D eigenvalue weighted by atomic mass is 32.2. The first-order chi connectivity index (χ1) is 11.2. The average Bonchev–Trinajstić information content (AvgIpc) is 3.02. The molecule has 0 atom stereocenters. The second-order valence-electron chi connectivity index (χ2n) is 4.94. The zero-order chi connectivity index (χ0) is 16.2. The predicted molar refractivity (Wildman–Crippen MR) is 88.8 cm³/mol. The lowest BCUT2D eigenvalue weighted by molar-refractivity contribution is -0.385. The number of nitrogens with zero attached hydrogens (tertiary/aromatic N) is 4. The topological polar surface area (TPSA) is 73.8 Å². The standard InChI is InChI=1S/C16H14N4O2S/c1-12-6-2-4-8-14(12)19-11-17-18-16(19)23-10-13-7-3-5-9-15(13)20(21)22/h2-9,11H,10H2,1H3. The van der Waals surface area contributed by atoms with Crippen molar-refractivity contribution in [3.05, 3.63) is 76.1 Å². The third-order valence-corrected chi connectivity index (χ3v) is 4.43. The summed E-state index contributed by atoms with van der Waals surface area (Å²) >= 11 is 1.43. The van der Waals surface area contributed by atoms with E-state index in [1.54, 1.807) is 24.5 Å². The quantitative estimate of drug-likeness (QED) is 0.405. The number of thioether (sulfide) groups is 1. The Bertz CT molecular complexity index is 847. The number of nitro benzene ring substituents is 1. The minimum Gasteiger partial charge on any atom is -0.276 e. The van der Waals surface area contributed by atoms with Crippen LogP contribution in [-0.2, 0) is 5.75 Å². The van der Waals surface area contributed by atoms with Crippen molar-refractivity contribution in [2.24, 2.45) is 0 Å². The number of hydrogen-bond donors (Lipinski definition) is 0. The summed E-state index contributed by atoms with van der Waals surface area (Å²) < 4.78 is 1.90. The zero-order valence-electron chi connectivity index (χ0n) is 12.4. The van der Waals surface area contributed by atoms with E-state index in [1.807, 2.05) is 35.8 Å². The van der Waals surface area contributed by atoms with E-state index >= 15 is 0 Å². The van der Waals surface area contributed by atoms with E-state index in [2.05, 4.69) is 10.2 Å². The van der Waals surface area contributed by atoms with Crippen molar-refractivity contribution in [1.29, 1.82) is 0 Å². The minimum absolute atomic E-state index is 0.127. The van der Waals surface area contributed by atoms with Gasteiger partial charge in [0.15, 0.2) is 5.16 Å². The summed E-state index contributed by atoms with van der Waals surface area (Å²) in [6.45, 7) is 2.02. The van der Waals surface area contributed by atoms with Gasteiger partial charge in [-0.1, -0.05) is 48.2 Å². The number of para-hydroxylation sites is 2. The number of nitro groups is 1. The maximum Gasteiger partial charge on any atom is 0.273 e. The third kappa shape index (κ3) is 3.24. The van der Waals surface area contributed by atoms with Gasteiger partial charge in [-0.25, -0.2) is 0 Å². The number of hydrogen-bond acceptors (Lipinski definition) is 5. The van der Waals surface area contributed by atoms with Gasteiger partial charge in [0, 0.05) is 17.4 Å². The number of aryl methyl sites for hydroxylation is 1. The van der Waals surface area contributed by atoms with Gasteiger partial charge in [0.2, 0.25) is 0 Å². The van der Waals surface area contributed by atoms with Gasteiger partial charge in [0.25, 0.3) is 5.69 Å². The van der Waals surface area contributed by atoms with Gasteiger partial charge in [0.05, 0.1) is 10.6 Å². The van der Waals surface area contributed by atoms with Crippen molar-refractivity contribution in [3.8, 4) is 5.69 Å². The monoisotopic (exact) mass is 326 g/mol. The number of benzene rings is 2. The van der Waals surface area contributed by atoms with Crippen LogP contribution in [0.5, 0.6) is 0 Å². The SMILES string of the molecule is Cc1ccccc1-n1cnnc1SCc1ccccc1[N+](=O)[O-]. The van der Waals surface area contributed by atoms with Gasteiger partial charge in [-0.3, -0.25) is 14.7 Å². The Morgan fingerprint density at radius 3 is 2.70 bits per heavy atom. The summed E-state index contributed by atoms with van der Waals surface area (Å²) in [4.78, 5) is 10.7. The molecule has 0 aliphatic heterocycles. The molecule has 0 radical (unpaired) electrons. The van der Waals surface area contributed by atoms with Crippen molar-refractivity contribution < 1.29 is 4.92 Å². The first kappa shape index (κ1) is 15.2. The molecule has 0 spiro atoms. The molecule has 3 rings (SSSR count). The molecule has 0 bridgehead atoms. The minimum atomic E-state index is -0.359. The predicted octanol–water partition coefficient (Wildman–Crippen LogP) is 3.78. The molecule has 0 saturated carbocycles. The van der Waals surface area contributed by atoms with E-state index in [9.17, 15) is 10.1 Å². The molecule has 0 aliphatic rings. The second kappa shape index (κ2) is 6.62. The maximum atomic E-state index is 11.1. The van der Waals surface area contributed by atoms with Crippen molar-refractivity contribution in [1.82, 2.24) is 14.8 Å². The van der Waals surface area contributed by atoms with Crippen molar-refractivity contribution >= 4 is 17.4 Å². The lowest BCUT2D eigenvalue weighted by Crippen LogP contribution is -1.98. The Kier molecular flexibility index (Phi) is 4.38. The molecule has 1 heterocycles. The summed E-state index contributed by atoms with van der Waals surface area (Å²) in [5.74, 6) is 0.460. The van der Waals surface area contributed by atoms with Gasteiger partial charge in [-0.15, -0.1) is 10.2 Å². The summed E-state index contributed by atoms with van der Waals surface area (Å²) in [5, 5.41) is 19.9. The largest absolute Gasteiger partial charge is 0.276 e. The van der Waals surface area contributed by atoms with Gasteiger partial charge in [-0.05, 0) is 18.6 Å². The van der Waals surface area contributed by atoms with E-state index in [-0.39, 0.29) is 10.6 Å². The number of rotatable bonds is 5. The van der Waals surface area contributed by atoms with Crippen LogP contribution in [-0.4, -0.2) is 19.7 Å². The first-order valence-electron chi connectivity index (χ1n) is 6.98. The van der Waals surface area contributed by atoms with Crippen LogP contribution >= 0.6 is 11.8 Å². The highest BCUT2D eigenvalue weighted by Crippen LogP contribution is 2.28. The molecule has 0 aliphatic carbocycles. The van der Waals surface area contributed by atoms with Gasteiger partial charge < -0.3 is 0 Å². The summed E-state index contributed by atoms with van der Waals surface area (Å²) in [6.07, 6.45) is 1.66. The molecule has 7 heteroatoms. The lowest BCUT2D eigenvalue weighted by Gasteiger charge is -2.09. The summed E-state index contributed by atoms with van der Waals surface area (Å²) in [6, 6.07) is 14.7. The van der Waals surface area contributed by atoms with Crippen LogP contribution in [0.4, 0.5) is 5.69 Å². The molecule has 116 valence electrons. The van der Waals surface area contributed by atoms with E-state index in [1.165, 1.54) is 17.8 Å². The molecule has 1 aromatic heterocycles. The highest BCUT2D eigenvalue weighted by Gasteiger charge is 2.15. The Morgan fingerprint density at radius 2 is 1.91 bits per heavy atom. The fourth-order valence-electron chi connectivity index (χ4n) is 2.28. The van der Waals surface area contributed by atoms with Crippen LogP contribution in [0.1, 0.15) is 11.1 Å². The van der Waals surface area contributed by atoms with Gasteiger partial charge >= 0.3 is 0 Å². The molecule has 3 aromatic rings. The Labute approximate surface area is 137 Å². The normalized spacial score (nSPS) is 10.7. The van der Waals surface area contributed by atoms with E-state index < -0.39 is 0 Å². The smallest absolute Gasteiger partial charge is 0.273 e. The van der Waals surface area contributed by atoms with Crippen molar-refractivity contribution in [3.63, 3.8) is 0 Å². The Morgan fingerprint density at radius 1 is 1.17 bits per heavy atom. The van der Waals surface area contributed by atoms with Gasteiger partial charge in [0.1, 0.15) is 6.33 Å². The van der Waals surface area contributed by atoms with Crippen LogP contribution in [0.15, 0.2) is 60.0 Å². The van der Waals surface area contributed by atoms with Crippen LogP contribution < -0.4 is 0 Å². The zero-order valence-corrected chi connectivity index (χ0v) is 13.2. The fourth-order valence-corrected chi connectivity index (χ4v) is 3.19. The molecule has 23 heavy (non-hydrogen) atoms. The van der Waals surface area contributed by atoms with E-state index in [0.29, 0.717) is 16.5 Å². The van der Waals surface area contributed by atoms with Crippen LogP contribution in [0, 0.1) is 17.0 Å². The van der Waals surface area contributed by atoms with Crippen LogP contribution in [0.2, 0.25) is 0 Å². The van der Waals surface area contributed by atoms with Crippen molar-refractivity contribution in [2.45, 2.75) is 17.8 Å². The Hall–Kier alpha value is -2.67. The first-order valence-corrected chi connectivity index (χ1v) is 7.96. The molecule has 0 N–H and O–H groups in total. The molecular formula is C16H14N4O2S. The number of aromatic nitrogens is 3. The van der Waals surface area contributed by atoms with Crippen molar-refractivity contribution in [2.75, 3.05) is 0 Å². The molecule has 0 amide bonds. The lowest BCUT2D eigenvalue weighted by atomic mass is 10.2. The summed E-state index contributed by atoms with van der Waals surface area (Å²) in [5.41, 5.74) is 2.91. The Balaban J connectivity index is 1.85. The van der Waals surface area contributed by atoms with Crippen LogP contribution in [0.3, 0.4) is 0 Å². The summed E-state index contributed by atoms with van der Waals surface area (Å²) in [7, 11) is 0. The third-order valence-electron chi connectivity index (χ3n) is 3.44. The molecule has 0 saturated heterocycles. The van der Waals surface area contributed by atoms with E-state index in [0.717, 1.165) is 11.3 Å².